The van der Waals surface area contributed by atoms with Crippen molar-refractivity contribution in [1.29, 1.82) is 0 Å². The van der Waals surface area contributed by atoms with Gasteiger partial charge in [-0.2, -0.15) is 0 Å². The molecule has 0 saturated carbocycles. The van der Waals surface area contributed by atoms with Crippen LogP contribution in [0, 0.1) is 0 Å². The van der Waals surface area contributed by atoms with Crippen LogP contribution >= 0.6 is 0 Å². The second-order valence-corrected chi connectivity index (χ2v) is 4.41. The number of allylic oxidation sites excluding steroid dienone is 2. The Kier molecular flexibility index (Phi) is 4.03. The van der Waals surface area contributed by atoms with Crippen molar-refractivity contribution in [1.82, 2.24) is 0 Å². The summed E-state index contributed by atoms with van der Waals surface area (Å²) >= 11 is 0. The number of hydrogen-bond donors (Lipinski definition) is 0. The number of ketones is 1. The summed E-state index contributed by atoms with van der Waals surface area (Å²) in [5, 5.41) is 0. The van der Waals surface area contributed by atoms with Crippen molar-refractivity contribution in [3.05, 3.63) is 29.8 Å². The molecule has 0 atom stereocenters. The fourth-order valence-corrected chi connectivity index (χ4v) is 2.22. The van der Waals surface area contributed by atoms with Crippen molar-refractivity contribution in [3.8, 4) is 11.5 Å². The van der Waals surface area contributed by atoms with E-state index in [0.29, 0.717) is 17.9 Å². The van der Waals surface area contributed by atoms with Crippen LogP contribution in [0.25, 0.3) is 5.57 Å². The lowest BCUT2D eigenvalue weighted by Gasteiger charge is -2.11. The Labute approximate surface area is 107 Å². The topological polar surface area (TPSA) is 35.5 Å². The van der Waals surface area contributed by atoms with Crippen molar-refractivity contribution in [2.24, 2.45) is 0 Å². The molecule has 0 amide bonds. The molecule has 3 nitrogen and oxygen atoms in total. The van der Waals surface area contributed by atoms with Gasteiger partial charge in [-0.05, 0) is 48.6 Å². The Bertz CT molecular complexity index is 475. The van der Waals surface area contributed by atoms with Gasteiger partial charge in [0.1, 0.15) is 0 Å². The first-order chi connectivity index (χ1) is 8.74. The zero-order valence-electron chi connectivity index (χ0n) is 10.9. The van der Waals surface area contributed by atoms with Crippen LogP contribution in [0.5, 0.6) is 11.5 Å². The molecule has 2 rings (SSSR count). The molecule has 1 aliphatic carbocycles. The largest absolute Gasteiger partial charge is 0.493 e. The predicted molar refractivity (Wildman–Crippen MR) is 71.0 cm³/mol. The molecule has 1 aromatic carbocycles. The smallest absolute Gasteiger partial charge is 0.161 e. The van der Waals surface area contributed by atoms with E-state index in [1.165, 1.54) is 0 Å². The van der Waals surface area contributed by atoms with Crippen LogP contribution in [0.4, 0.5) is 0 Å². The number of carbonyl (C=O) groups is 1. The van der Waals surface area contributed by atoms with Crippen LogP contribution in [-0.4, -0.2) is 20.0 Å². The summed E-state index contributed by atoms with van der Waals surface area (Å²) in [5.41, 5.74) is 2.14. The summed E-state index contributed by atoms with van der Waals surface area (Å²) in [5.74, 6) is 1.63. The molecule has 0 spiro atoms. The molecule has 3 heteroatoms. The molecule has 1 aliphatic rings. The van der Waals surface area contributed by atoms with Gasteiger partial charge in [-0.15, -0.1) is 0 Å². The van der Waals surface area contributed by atoms with E-state index >= 15 is 0 Å². The van der Waals surface area contributed by atoms with Gasteiger partial charge in [0.2, 0.25) is 0 Å². The maximum atomic E-state index is 11.6. The van der Waals surface area contributed by atoms with Crippen molar-refractivity contribution < 1.29 is 14.3 Å². The summed E-state index contributed by atoms with van der Waals surface area (Å²) in [7, 11) is 3.24. The standard InChI is InChI=1S/C15H18O3/c1-17-14-8-7-12(10-15(14)18-2)11-5-3-4-6-13(16)9-11/h7-10H,3-6H2,1-2H3. The van der Waals surface area contributed by atoms with E-state index < -0.39 is 0 Å². The quantitative estimate of drug-likeness (QED) is 0.821. The summed E-state index contributed by atoms with van der Waals surface area (Å²) in [6, 6.07) is 5.79. The molecule has 0 N–H and O–H groups in total. The van der Waals surface area contributed by atoms with Crippen molar-refractivity contribution in [3.63, 3.8) is 0 Å². The SMILES string of the molecule is COc1ccc(C2=CC(=O)CCCC2)cc1OC. The number of methoxy groups -OCH3 is 2. The Balaban J connectivity index is 2.35. The zero-order chi connectivity index (χ0) is 13.0. The Morgan fingerprint density at radius 1 is 1.00 bits per heavy atom. The lowest BCUT2D eigenvalue weighted by atomic mass is 10.0. The van der Waals surface area contributed by atoms with E-state index in [9.17, 15) is 4.79 Å². The van der Waals surface area contributed by atoms with E-state index in [4.69, 9.17) is 9.47 Å². The number of carbonyl (C=O) groups excluding carboxylic acids is 1. The van der Waals surface area contributed by atoms with Gasteiger partial charge in [0.15, 0.2) is 17.3 Å². The van der Waals surface area contributed by atoms with Gasteiger partial charge in [0.05, 0.1) is 14.2 Å². The highest BCUT2D eigenvalue weighted by Crippen LogP contribution is 2.32. The van der Waals surface area contributed by atoms with Crippen LogP contribution < -0.4 is 9.47 Å². The van der Waals surface area contributed by atoms with Crippen molar-refractivity contribution in [2.75, 3.05) is 14.2 Å². The first-order valence-electron chi connectivity index (χ1n) is 6.20. The van der Waals surface area contributed by atoms with Crippen LogP contribution in [-0.2, 0) is 4.79 Å². The lowest BCUT2D eigenvalue weighted by molar-refractivity contribution is -0.114. The minimum atomic E-state index is 0.220. The minimum Gasteiger partial charge on any atom is -0.493 e. The second-order valence-electron chi connectivity index (χ2n) is 4.41. The van der Waals surface area contributed by atoms with Crippen LogP contribution in [0.3, 0.4) is 0 Å². The lowest BCUT2D eigenvalue weighted by Crippen LogP contribution is -1.94. The molecule has 0 aromatic heterocycles. The van der Waals surface area contributed by atoms with Gasteiger partial charge in [-0.1, -0.05) is 6.07 Å². The van der Waals surface area contributed by atoms with Gasteiger partial charge in [0, 0.05) is 6.42 Å². The third-order valence-corrected chi connectivity index (χ3v) is 3.21. The molecular weight excluding hydrogens is 228 g/mol. The number of ether oxygens (including phenoxy) is 2. The first kappa shape index (κ1) is 12.7. The maximum absolute atomic E-state index is 11.6. The van der Waals surface area contributed by atoms with Crippen LogP contribution in [0.15, 0.2) is 24.3 Å². The first-order valence-corrected chi connectivity index (χ1v) is 6.20. The monoisotopic (exact) mass is 246 g/mol. The van der Waals surface area contributed by atoms with Crippen molar-refractivity contribution in [2.45, 2.75) is 25.7 Å². The normalized spacial score (nSPS) is 15.9. The highest BCUT2D eigenvalue weighted by molar-refractivity contribution is 5.97. The second kappa shape index (κ2) is 5.71. The van der Waals surface area contributed by atoms with Gasteiger partial charge < -0.3 is 9.47 Å². The molecule has 0 heterocycles. The fraction of sp³-hybridized carbons (Fsp3) is 0.400. The van der Waals surface area contributed by atoms with Crippen LogP contribution in [0.1, 0.15) is 31.2 Å². The maximum Gasteiger partial charge on any atom is 0.161 e. The molecular formula is C15H18O3. The highest BCUT2D eigenvalue weighted by atomic mass is 16.5. The van der Waals surface area contributed by atoms with E-state index in [1.807, 2.05) is 18.2 Å². The molecule has 0 aliphatic heterocycles. The summed E-state index contributed by atoms with van der Waals surface area (Å²) in [4.78, 5) is 11.6. The predicted octanol–water partition coefficient (Wildman–Crippen LogP) is 3.23. The fourth-order valence-electron chi connectivity index (χ4n) is 2.22. The third kappa shape index (κ3) is 2.73. The summed E-state index contributed by atoms with van der Waals surface area (Å²) in [6.07, 6.45) is 5.42. The molecule has 96 valence electrons. The zero-order valence-corrected chi connectivity index (χ0v) is 10.9. The minimum absolute atomic E-state index is 0.220. The Morgan fingerprint density at radius 2 is 1.72 bits per heavy atom. The number of rotatable bonds is 3. The molecule has 0 fully saturated rings. The molecule has 0 bridgehead atoms. The molecule has 1 aromatic rings. The van der Waals surface area contributed by atoms with E-state index in [2.05, 4.69) is 0 Å². The van der Waals surface area contributed by atoms with Gasteiger partial charge in [-0.25, -0.2) is 0 Å². The summed E-state index contributed by atoms with van der Waals surface area (Å²) in [6.45, 7) is 0. The van der Waals surface area contributed by atoms with E-state index in [0.717, 1.165) is 30.4 Å². The van der Waals surface area contributed by atoms with Gasteiger partial charge in [0.25, 0.3) is 0 Å². The third-order valence-electron chi connectivity index (χ3n) is 3.21. The number of hydrogen-bond acceptors (Lipinski definition) is 3. The molecule has 0 unspecified atom stereocenters. The highest BCUT2D eigenvalue weighted by Gasteiger charge is 2.12. The number of benzene rings is 1. The average molecular weight is 246 g/mol. The van der Waals surface area contributed by atoms with Crippen molar-refractivity contribution >= 4 is 11.4 Å². The molecule has 0 radical (unpaired) electrons. The average Bonchev–Trinajstić information content (AvgIpc) is 2.62. The van der Waals surface area contributed by atoms with E-state index in [-0.39, 0.29) is 5.78 Å². The van der Waals surface area contributed by atoms with Gasteiger partial charge >= 0.3 is 0 Å². The van der Waals surface area contributed by atoms with Crippen LogP contribution in [0.2, 0.25) is 0 Å². The van der Waals surface area contributed by atoms with E-state index in [1.54, 1.807) is 20.3 Å². The Hall–Kier alpha value is -1.77. The van der Waals surface area contributed by atoms with Gasteiger partial charge in [-0.3, -0.25) is 4.79 Å². The molecule has 18 heavy (non-hydrogen) atoms. The Morgan fingerprint density at radius 3 is 2.44 bits per heavy atom. The summed E-state index contributed by atoms with van der Waals surface area (Å²) < 4.78 is 10.5. The molecule has 0 saturated heterocycles.